The van der Waals surface area contributed by atoms with Crippen molar-refractivity contribution in [3.05, 3.63) is 41.1 Å². The molecule has 0 aromatic carbocycles. The Labute approximate surface area is 131 Å². The second-order valence-electron chi connectivity index (χ2n) is 5.19. The quantitative estimate of drug-likeness (QED) is 0.559. The van der Waals surface area contributed by atoms with Gasteiger partial charge in [-0.05, 0) is 24.4 Å². The molecule has 0 aliphatic rings. The minimum Gasteiger partial charge on any atom is -0.392 e. The Balaban J connectivity index is 2.17. The third kappa shape index (κ3) is 3.11. The Bertz CT molecular complexity index is 889. The number of aromatic nitrogens is 4. The molecule has 3 aromatic heterocycles. The minimum absolute atomic E-state index is 0.179. The summed E-state index contributed by atoms with van der Waals surface area (Å²) >= 11 is 0. The summed E-state index contributed by atoms with van der Waals surface area (Å²) in [5.41, 5.74) is 6.54. The molecule has 0 bridgehead atoms. The summed E-state index contributed by atoms with van der Waals surface area (Å²) in [5.74, 6) is 0.579. The molecule has 0 aliphatic heterocycles. The summed E-state index contributed by atoms with van der Waals surface area (Å²) in [5, 5.41) is 13.6. The monoisotopic (exact) mass is 312 g/mol. The standard InChI is InChI=1S/C15H16N6O2/c1-8(22)5-18-13-12-9(2-3-17-14(12)23)4-11(21-13)10-6-19-15(16)20-7-10/h2-4,6-8,22H,5H2,1H3,(H,17,23)(H,18,21)(H2,16,19,20)/t8-/m0/s1. The van der Waals surface area contributed by atoms with Crippen molar-refractivity contribution >= 4 is 22.5 Å². The van der Waals surface area contributed by atoms with E-state index in [1.165, 1.54) is 0 Å². The second-order valence-corrected chi connectivity index (χ2v) is 5.19. The van der Waals surface area contributed by atoms with Crippen LogP contribution in [0.5, 0.6) is 0 Å². The molecule has 0 unspecified atom stereocenters. The van der Waals surface area contributed by atoms with Gasteiger partial charge < -0.3 is 21.1 Å². The molecule has 8 nitrogen and oxygen atoms in total. The predicted molar refractivity (Wildman–Crippen MR) is 88.0 cm³/mol. The van der Waals surface area contributed by atoms with Crippen molar-refractivity contribution in [3.8, 4) is 11.3 Å². The maximum absolute atomic E-state index is 12.1. The second kappa shape index (κ2) is 6.01. The van der Waals surface area contributed by atoms with Crippen molar-refractivity contribution in [2.75, 3.05) is 17.6 Å². The van der Waals surface area contributed by atoms with Gasteiger partial charge in [-0.15, -0.1) is 0 Å². The zero-order chi connectivity index (χ0) is 16.4. The molecule has 0 spiro atoms. The first kappa shape index (κ1) is 14.9. The smallest absolute Gasteiger partial charge is 0.259 e. The molecule has 0 aliphatic carbocycles. The zero-order valence-electron chi connectivity index (χ0n) is 12.4. The number of aliphatic hydroxyl groups excluding tert-OH is 1. The van der Waals surface area contributed by atoms with Crippen LogP contribution in [0.2, 0.25) is 0 Å². The largest absolute Gasteiger partial charge is 0.392 e. The molecule has 1 atom stereocenters. The normalized spacial score (nSPS) is 12.3. The van der Waals surface area contributed by atoms with Crippen LogP contribution in [0, 0.1) is 0 Å². The van der Waals surface area contributed by atoms with Crippen LogP contribution in [0.4, 0.5) is 11.8 Å². The molecule has 23 heavy (non-hydrogen) atoms. The summed E-state index contributed by atoms with van der Waals surface area (Å²) in [7, 11) is 0. The number of aromatic amines is 1. The summed E-state index contributed by atoms with van der Waals surface area (Å²) in [6.45, 7) is 1.93. The van der Waals surface area contributed by atoms with Crippen molar-refractivity contribution < 1.29 is 5.11 Å². The van der Waals surface area contributed by atoms with Gasteiger partial charge in [0.1, 0.15) is 5.82 Å². The number of aliphatic hydroxyl groups is 1. The molecular weight excluding hydrogens is 296 g/mol. The number of nitrogens with zero attached hydrogens (tertiary/aromatic N) is 3. The van der Waals surface area contributed by atoms with E-state index in [0.717, 1.165) is 5.39 Å². The van der Waals surface area contributed by atoms with E-state index in [9.17, 15) is 9.90 Å². The van der Waals surface area contributed by atoms with E-state index in [4.69, 9.17) is 5.73 Å². The Hall–Kier alpha value is -3.00. The lowest BCUT2D eigenvalue weighted by Crippen LogP contribution is -2.18. The molecule has 3 rings (SSSR count). The van der Waals surface area contributed by atoms with E-state index in [0.29, 0.717) is 22.5 Å². The fourth-order valence-electron chi connectivity index (χ4n) is 2.20. The molecule has 0 radical (unpaired) electrons. The third-order valence-corrected chi connectivity index (χ3v) is 3.29. The van der Waals surface area contributed by atoms with Crippen molar-refractivity contribution in [1.29, 1.82) is 0 Å². The molecule has 3 heterocycles. The highest BCUT2D eigenvalue weighted by Crippen LogP contribution is 2.25. The number of nitrogen functional groups attached to an aromatic ring is 1. The van der Waals surface area contributed by atoms with E-state index in [1.54, 1.807) is 37.6 Å². The lowest BCUT2D eigenvalue weighted by molar-refractivity contribution is 0.208. The van der Waals surface area contributed by atoms with E-state index < -0.39 is 6.10 Å². The average molecular weight is 312 g/mol. The summed E-state index contributed by atoms with van der Waals surface area (Å²) in [6.07, 6.45) is 4.15. The van der Waals surface area contributed by atoms with Crippen LogP contribution < -0.4 is 16.6 Å². The molecule has 118 valence electrons. The molecule has 8 heteroatoms. The highest BCUT2D eigenvalue weighted by Gasteiger charge is 2.11. The van der Waals surface area contributed by atoms with Crippen molar-refractivity contribution in [3.63, 3.8) is 0 Å². The Morgan fingerprint density at radius 2 is 2.13 bits per heavy atom. The van der Waals surface area contributed by atoms with Gasteiger partial charge in [-0.1, -0.05) is 0 Å². The van der Waals surface area contributed by atoms with E-state index >= 15 is 0 Å². The van der Waals surface area contributed by atoms with E-state index in [2.05, 4.69) is 25.3 Å². The van der Waals surface area contributed by atoms with Gasteiger partial charge in [-0.2, -0.15) is 0 Å². The number of H-pyrrole nitrogens is 1. The van der Waals surface area contributed by atoms with Gasteiger partial charge in [0.2, 0.25) is 5.95 Å². The van der Waals surface area contributed by atoms with Crippen LogP contribution in [0.15, 0.2) is 35.5 Å². The van der Waals surface area contributed by atoms with Gasteiger partial charge in [0.25, 0.3) is 5.56 Å². The van der Waals surface area contributed by atoms with Crippen LogP contribution in [0.1, 0.15) is 6.92 Å². The number of hydrogen-bond acceptors (Lipinski definition) is 7. The van der Waals surface area contributed by atoms with Gasteiger partial charge in [0.15, 0.2) is 0 Å². The third-order valence-electron chi connectivity index (χ3n) is 3.29. The SMILES string of the molecule is C[C@H](O)CNc1nc(-c2cnc(N)nc2)cc2cc[nH]c(=O)c12. The molecular formula is C15H16N6O2. The summed E-state index contributed by atoms with van der Waals surface area (Å²) in [6, 6.07) is 3.57. The molecule has 0 amide bonds. The van der Waals surface area contributed by atoms with Gasteiger partial charge in [0, 0.05) is 30.7 Å². The lowest BCUT2D eigenvalue weighted by Gasteiger charge is -2.12. The van der Waals surface area contributed by atoms with Gasteiger partial charge in [-0.25, -0.2) is 15.0 Å². The molecule has 0 fully saturated rings. The van der Waals surface area contributed by atoms with Gasteiger partial charge in [0.05, 0.1) is 17.2 Å². The molecule has 5 N–H and O–H groups in total. The lowest BCUT2D eigenvalue weighted by atomic mass is 10.1. The van der Waals surface area contributed by atoms with Crippen LogP contribution >= 0.6 is 0 Å². The first-order valence-electron chi connectivity index (χ1n) is 7.07. The Morgan fingerprint density at radius 1 is 1.39 bits per heavy atom. The fourth-order valence-corrected chi connectivity index (χ4v) is 2.20. The molecule has 3 aromatic rings. The highest BCUT2D eigenvalue weighted by molar-refractivity contribution is 5.93. The number of nitrogens with one attached hydrogen (secondary N) is 2. The van der Waals surface area contributed by atoms with Gasteiger partial charge >= 0.3 is 0 Å². The molecule has 0 saturated carbocycles. The number of rotatable bonds is 4. The average Bonchev–Trinajstić information content (AvgIpc) is 2.53. The molecule has 0 saturated heterocycles. The van der Waals surface area contributed by atoms with Crippen LogP contribution in [-0.2, 0) is 0 Å². The topological polar surface area (TPSA) is 130 Å². The minimum atomic E-state index is -0.571. The summed E-state index contributed by atoms with van der Waals surface area (Å²) < 4.78 is 0. The van der Waals surface area contributed by atoms with Crippen molar-refractivity contribution in [2.45, 2.75) is 13.0 Å². The van der Waals surface area contributed by atoms with E-state index in [-0.39, 0.29) is 18.1 Å². The maximum atomic E-state index is 12.1. The van der Waals surface area contributed by atoms with Crippen LogP contribution in [0.25, 0.3) is 22.0 Å². The number of nitrogens with two attached hydrogens (primary N) is 1. The van der Waals surface area contributed by atoms with Crippen molar-refractivity contribution in [2.24, 2.45) is 0 Å². The zero-order valence-corrected chi connectivity index (χ0v) is 12.4. The highest BCUT2D eigenvalue weighted by atomic mass is 16.3. The fraction of sp³-hybridized carbons (Fsp3) is 0.200. The van der Waals surface area contributed by atoms with E-state index in [1.807, 2.05) is 0 Å². The Kier molecular flexibility index (Phi) is 3.90. The van der Waals surface area contributed by atoms with Crippen LogP contribution in [-0.4, -0.2) is 37.7 Å². The summed E-state index contributed by atoms with van der Waals surface area (Å²) in [4.78, 5) is 27.1. The number of hydrogen-bond donors (Lipinski definition) is 4. The van der Waals surface area contributed by atoms with Gasteiger partial charge in [-0.3, -0.25) is 4.79 Å². The Morgan fingerprint density at radius 3 is 2.83 bits per heavy atom. The number of anilines is 2. The van der Waals surface area contributed by atoms with Crippen LogP contribution in [0.3, 0.4) is 0 Å². The predicted octanol–water partition coefficient (Wildman–Crippen LogP) is 0.755. The number of pyridine rings is 2. The first-order valence-corrected chi connectivity index (χ1v) is 7.07. The maximum Gasteiger partial charge on any atom is 0.259 e. The number of fused-ring (bicyclic) bond motifs is 1. The van der Waals surface area contributed by atoms with Crippen molar-refractivity contribution in [1.82, 2.24) is 19.9 Å². The first-order chi connectivity index (χ1) is 11.0.